The van der Waals surface area contributed by atoms with Crippen LogP contribution in [0.2, 0.25) is 0 Å². The van der Waals surface area contributed by atoms with E-state index in [2.05, 4.69) is 17.2 Å². The van der Waals surface area contributed by atoms with Gasteiger partial charge in [0.05, 0.1) is 28.3 Å². The average molecular weight is 597 g/mol. The second kappa shape index (κ2) is 12.0. The van der Waals surface area contributed by atoms with Gasteiger partial charge in [-0.05, 0) is 68.3 Å². The molecule has 1 fully saturated rings. The largest absolute Gasteiger partial charge is 0.450 e. The van der Waals surface area contributed by atoms with Crippen LogP contribution in [0.1, 0.15) is 28.4 Å². The van der Waals surface area contributed by atoms with Crippen LogP contribution in [0.3, 0.4) is 0 Å². The number of rotatable bonds is 8. The van der Waals surface area contributed by atoms with Gasteiger partial charge in [-0.1, -0.05) is 17.4 Å². The highest BCUT2D eigenvalue weighted by atomic mass is 32.2. The minimum absolute atomic E-state index is 0.0906. The molecule has 11 nitrogen and oxygen atoms in total. The van der Waals surface area contributed by atoms with Crippen LogP contribution in [-0.2, 0) is 21.3 Å². The normalized spacial score (nSPS) is 14.4. The molecule has 0 N–H and O–H groups in total. The third kappa shape index (κ3) is 6.11. The summed E-state index contributed by atoms with van der Waals surface area (Å²) < 4.78 is 35.7. The summed E-state index contributed by atoms with van der Waals surface area (Å²) in [6.45, 7) is 7.67. The number of thiazole rings is 1. The van der Waals surface area contributed by atoms with Gasteiger partial charge in [0.2, 0.25) is 10.0 Å². The van der Waals surface area contributed by atoms with Gasteiger partial charge < -0.3 is 9.64 Å². The quantitative estimate of drug-likeness (QED) is 0.303. The van der Waals surface area contributed by atoms with Gasteiger partial charge in [-0.2, -0.15) is 9.40 Å². The van der Waals surface area contributed by atoms with Crippen molar-refractivity contribution in [2.75, 3.05) is 44.2 Å². The number of sulfonamides is 1. The lowest BCUT2D eigenvalue weighted by Gasteiger charge is -2.33. The minimum Gasteiger partial charge on any atom is -0.450 e. The molecule has 2 aromatic carbocycles. The van der Waals surface area contributed by atoms with Gasteiger partial charge in [-0.15, -0.1) is 0 Å². The van der Waals surface area contributed by atoms with E-state index < -0.39 is 16.1 Å². The molecule has 0 aliphatic carbocycles. The molecule has 13 heteroatoms. The Labute approximate surface area is 243 Å². The lowest BCUT2D eigenvalue weighted by atomic mass is 10.1. The van der Waals surface area contributed by atoms with Crippen molar-refractivity contribution in [3.63, 3.8) is 0 Å². The molecule has 3 heterocycles. The minimum atomic E-state index is -3.80. The highest BCUT2D eigenvalue weighted by Crippen LogP contribution is 2.32. The first kappa shape index (κ1) is 28.7. The Balaban J connectivity index is 1.36. The molecule has 216 valence electrons. The second-order valence-corrected chi connectivity index (χ2v) is 12.7. The summed E-state index contributed by atoms with van der Waals surface area (Å²) in [4.78, 5) is 33.8. The van der Waals surface area contributed by atoms with Crippen molar-refractivity contribution in [2.24, 2.45) is 0 Å². The number of benzene rings is 2. The van der Waals surface area contributed by atoms with Crippen LogP contribution in [0.15, 0.2) is 59.8 Å². The van der Waals surface area contributed by atoms with Gasteiger partial charge in [0.15, 0.2) is 5.13 Å². The number of aryl methyl sites for hydroxylation is 2. The number of amides is 2. The number of carbonyl (C=O) groups is 2. The van der Waals surface area contributed by atoms with Gasteiger partial charge in [-0.25, -0.2) is 18.2 Å². The molecule has 0 saturated carbocycles. The number of anilines is 1. The lowest BCUT2D eigenvalue weighted by molar-refractivity contribution is 0.0933. The summed E-state index contributed by atoms with van der Waals surface area (Å²) in [6.07, 6.45) is 3.08. The van der Waals surface area contributed by atoms with Gasteiger partial charge in [0.1, 0.15) is 0 Å². The summed E-state index contributed by atoms with van der Waals surface area (Å²) in [5.41, 5.74) is 3.37. The predicted octanol–water partition coefficient (Wildman–Crippen LogP) is 3.92. The molecule has 2 amide bonds. The highest BCUT2D eigenvalue weighted by Gasteiger charge is 2.31. The first-order chi connectivity index (χ1) is 19.7. The van der Waals surface area contributed by atoms with Crippen LogP contribution in [0, 0.1) is 13.8 Å². The van der Waals surface area contributed by atoms with Crippen molar-refractivity contribution < 1.29 is 22.7 Å². The van der Waals surface area contributed by atoms with Gasteiger partial charge >= 0.3 is 6.09 Å². The van der Waals surface area contributed by atoms with E-state index >= 15 is 0 Å². The fourth-order valence-electron chi connectivity index (χ4n) is 4.79. The number of piperazine rings is 1. The maximum Gasteiger partial charge on any atom is 0.409 e. The highest BCUT2D eigenvalue weighted by molar-refractivity contribution is 7.89. The number of aromatic nitrogens is 3. The zero-order chi connectivity index (χ0) is 29.1. The molecule has 5 rings (SSSR count). The molecule has 1 saturated heterocycles. The number of hydrogen-bond donors (Lipinski definition) is 0. The van der Waals surface area contributed by atoms with E-state index in [1.807, 2.05) is 26.1 Å². The van der Waals surface area contributed by atoms with Gasteiger partial charge in [-0.3, -0.25) is 14.4 Å². The van der Waals surface area contributed by atoms with Crippen molar-refractivity contribution in [1.82, 2.24) is 24.0 Å². The molecule has 4 aromatic rings. The van der Waals surface area contributed by atoms with Crippen molar-refractivity contribution >= 4 is 48.7 Å². The first-order valence-electron chi connectivity index (χ1n) is 13.4. The summed E-state index contributed by atoms with van der Waals surface area (Å²) in [5, 5.41) is 4.82. The van der Waals surface area contributed by atoms with E-state index in [4.69, 9.17) is 9.72 Å². The molecule has 0 bridgehead atoms. The Kier molecular flexibility index (Phi) is 8.38. The van der Waals surface area contributed by atoms with Crippen LogP contribution < -0.4 is 4.90 Å². The lowest BCUT2D eigenvalue weighted by Crippen LogP contribution is -2.50. The zero-order valence-corrected chi connectivity index (χ0v) is 24.8. The Bertz CT molecular complexity index is 1640. The molecule has 1 aliphatic rings. The third-order valence-electron chi connectivity index (χ3n) is 6.91. The van der Waals surface area contributed by atoms with Crippen LogP contribution in [0.25, 0.3) is 10.2 Å². The van der Waals surface area contributed by atoms with E-state index in [0.29, 0.717) is 23.8 Å². The molecule has 0 atom stereocenters. The summed E-state index contributed by atoms with van der Waals surface area (Å²) in [7, 11) is -3.80. The Hall–Kier alpha value is -3.81. The Morgan fingerprint density at radius 1 is 1.07 bits per heavy atom. The Morgan fingerprint density at radius 3 is 2.46 bits per heavy atom. The molecule has 1 aliphatic heterocycles. The van der Waals surface area contributed by atoms with E-state index in [0.717, 1.165) is 21.3 Å². The fraction of sp³-hybridized carbons (Fsp3) is 0.357. The molecule has 2 aromatic heterocycles. The van der Waals surface area contributed by atoms with Crippen LogP contribution >= 0.6 is 11.3 Å². The molecule has 41 heavy (non-hydrogen) atoms. The topological polar surface area (TPSA) is 118 Å². The van der Waals surface area contributed by atoms with Crippen molar-refractivity contribution in [3.8, 4) is 0 Å². The third-order valence-corrected chi connectivity index (χ3v) is 9.85. The SMILES string of the molecule is CCOC(=O)N1CCN(S(=O)(=O)c2ccc(C(=O)N(CCn3cccn3)c3nc4c(C)cc(C)cc4s3)cc2)CC1. The number of fused-ring (bicyclic) bond motifs is 1. The number of ether oxygens (including phenoxy) is 1. The molecular weight excluding hydrogens is 564 g/mol. The maximum atomic E-state index is 13.8. The number of hydrogen-bond acceptors (Lipinski definition) is 8. The van der Waals surface area contributed by atoms with E-state index in [9.17, 15) is 18.0 Å². The molecule has 0 radical (unpaired) electrons. The second-order valence-electron chi connectivity index (χ2n) is 9.77. The number of nitrogens with zero attached hydrogens (tertiary/aromatic N) is 6. The van der Waals surface area contributed by atoms with E-state index in [1.54, 1.807) is 22.7 Å². The van der Waals surface area contributed by atoms with Gasteiger partial charge in [0.25, 0.3) is 5.91 Å². The van der Waals surface area contributed by atoms with Crippen LogP contribution in [-0.4, -0.2) is 83.7 Å². The van der Waals surface area contributed by atoms with Crippen molar-refractivity contribution in [2.45, 2.75) is 32.2 Å². The fourth-order valence-corrected chi connectivity index (χ4v) is 7.38. The monoisotopic (exact) mass is 596 g/mol. The molecule has 0 spiro atoms. The van der Waals surface area contributed by atoms with Crippen LogP contribution in [0.4, 0.5) is 9.93 Å². The smallest absolute Gasteiger partial charge is 0.409 e. The molecular formula is C28H32N6O5S2. The summed E-state index contributed by atoms with van der Waals surface area (Å²) >= 11 is 1.45. The zero-order valence-electron chi connectivity index (χ0n) is 23.2. The standard InChI is InChI=1S/C28H32N6O5S2/c1-4-39-28(36)31-12-15-33(16-13-31)41(37,38)23-8-6-22(7-9-23)26(35)34(17-14-32-11-5-10-29-32)27-30-25-21(3)18-20(2)19-24(25)40-27/h5-11,18-19H,4,12-17H2,1-3H3. The average Bonchev–Trinajstić information content (AvgIpc) is 3.64. The summed E-state index contributed by atoms with van der Waals surface area (Å²) in [6, 6.07) is 11.9. The molecule has 0 unspecified atom stereocenters. The Morgan fingerprint density at radius 2 is 1.80 bits per heavy atom. The van der Waals surface area contributed by atoms with Gasteiger partial charge in [0, 0.05) is 50.7 Å². The maximum absolute atomic E-state index is 13.8. The van der Waals surface area contributed by atoms with Crippen molar-refractivity contribution in [3.05, 3.63) is 71.5 Å². The van der Waals surface area contributed by atoms with Crippen molar-refractivity contribution in [1.29, 1.82) is 0 Å². The van der Waals surface area contributed by atoms with Crippen LogP contribution in [0.5, 0.6) is 0 Å². The number of carbonyl (C=O) groups excluding carboxylic acids is 2. The summed E-state index contributed by atoms with van der Waals surface area (Å²) in [5.74, 6) is -0.280. The first-order valence-corrected chi connectivity index (χ1v) is 15.6. The van der Waals surface area contributed by atoms with E-state index in [1.165, 1.54) is 44.8 Å². The van der Waals surface area contributed by atoms with E-state index in [-0.39, 0.29) is 43.6 Å². The predicted molar refractivity (Wildman–Crippen MR) is 157 cm³/mol.